The van der Waals surface area contributed by atoms with Crippen molar-refractivity contribution in [2.24, 2.45) is 0 Å². The van der Waals surface area contributed by atoms with Gasteiger partial charge in [-0.2, -0.15) is 9.57 Å². The molecule has 2 N–H and O–H groups in total. The van der Waals surface area contributed by atoms with Gasteiger partial charge in [0, 0.05) is 29.2 Å². The van der Waals surface area contributed by atoms with E-state index in [1.807, 2.05) is 6.07 Å². The molecule has 0 radical (unpaired) electrons. The molecule has 2 heterocycles. The van der Waals surface area contributed by atoms with Gasteiger partial charge < -0.3 is 14.9 Å². The predicted molar refractivity (Wildman–Crippen MR) is 132 cm³/mol. The van der Waals surface area contributed by atoms with Gasteiger partial charge in [-0.05, 0) is 75.5 Å². The van der Waals surface area contributed by atoms with Crippen LogP contribution >= 0.6 is 23.2 Å². The molecule has 2 aliphatic heterocycles. The highest BCUT2D eigenvalue weighted by molar-refractivity contribution is 7.89. The lowest BCUT2D eigenvalue weighted by atomic mass is 10.0. The number of benzene rings is 2. The number of aliphatic hydroxyl groups is 2. The summed E-state index contributed by atoms with van der Waals surface area (Å²) in [5.41, 5.74) is 0.194. The Balaban J connectivity index is 1.56. The van der Waals surface area contributed by atoms with Crippen LogP contribution in [0.2, 0.25) is 10.0 Å². The topological polar surface area (TPSA) is 114 Å². The zero-order valence-electron chi connectivity index (χ0n) is 19.2. The van der Waals surface area contributed by atoms with E-state index in [0.717, 1.165) is 13.0 Å². The summed E-state index contributed by atoms with van der Waals surface area (Å²) in [7, 11) is -3.98. The second-order valence-corrected chi connectivity index (χ2v) is 11.9. The number of rotatable bonds is 6. The summed E-state index contributed by atoms with van der Waals surface area (Å²) in [5.74, 6) is -1.45. The van der Waals surface area contributed by atoms with E-state index in [2.05, 4.69) is 4.90 Å². The molecule has 11 heteroatoms. The van der Waals surface area contributed by atoms with Gasteiger partial charge in [0.05, 0.1) is 17.7 Å². The molecule has 0 bridgehead atoms. The van der Waals surface area contributed by atoms with Crippen LogP contribution in [0.3, 0.4) is 0 Å². The average Bonchev–Trinajstić information content (AvgIpc) is 3.29. The van der Waals surface area contributed by atoms with E-state index in [-0.39, 0.29) is 47.1 Å². The van der Waals surface area contributed by atoms with Crippen molar-refractivity contribution in [2.45, 2.75) is 55.4 Å². The minimum atomic E-state index is -3.98. The van der Waals surface area contributed by atoms with Crippen molar-refractivity contribution in [3.8, 4) is 17.6 Å². The molecule has 4 rings (SSSR count). The number of nitriles is 1. The highest BCUT2D eigenvalue weighted by Gasteiger charge is 2.42. The Bertz CT molecular complexity index is 1210. The Morgan fingerprint density at radius 3 is 2.31 bits per heavy atom. The molecule has 2 fully saturated rings. The van der Waals surface area contributed by atoms with Crippen LogP contribution in [-0.2, 0) is 10.0 Å². The smallest absolute Gasteiger partial charge is 0.246 e. The number of hydrogen-bond acceptors (Lipinski definition) is 7. The van der Waals surface area contributed by atoms with Crippen molar-refractivity contribution in [3.63, 3.8) is 0 Å². The Morgan fingerprint density at radius 2 is 1.71 bits per heavy atom. The van der Waals surface area contributed by atoms with Crippen LogP contribution in [0, 0.1) is 11.3 Å². The van der Waals surface area contributed by atoms with E-state index in [9.17, 15) is 23.9 Å². The highest BCUT2D eigenvalue weighted by atomic mass is 35.5. The van der Waals surface area contributed by atoms with Crippen LogP contribution in [0.25, 0.3) is 0 Å². The molecule has 0 amide bonds. The van der Waals surface area contributed by atoms with Crippen LogP contribution in [0.1, 0.15) is 38.2 Å². The molecule has 0 aromatic heterocycles. The summed E-state index contributed by atoms with van der Waals surface area (Å²) in [4.78, 5) is 1.99. The second kappa shape index (κ2) is 10.2. The van der Waals surface area contributed by atoms with Crippen molar-refractivity contribution in [1.82, 2.24) is 9.21 Å². The standard InChI is InChI=1S/C24H27Cl2N3O5S/c1-24(30,31)23-3-2-8-29(23)19-6-9-28(10-7-19)35(32,33)22-11-16(15-27)4-5-21(22)34-20-13-17(25)12-18(26)14-20/h4-5,11-14,19,23,30-31H,2-3,6-10H2,1H3/t23-/m0/s1. The minimum Gasteiger partial charge on any atom is -0.456 e. The average molecular weight is 540 g/mol. The van der Waals surface area contributed by atoms with Gasteiger partial charge in [0.25, 0.3) is 0 Å². The van der Waals surface area contributed by atoms with Crippen molar-refractivity contribution in [3.05, 3.63) is 52.0 Å². The molecule has 188 valence electrons. The van der Waals surface area contributed by atoms with Crippen LogP contribution in [0.5, 0.6) is 11.5 Å². The fraction of sp³-hybridized carbons (Fsp3) is 0.458. The van der Waals surface area contributed by atoms with Crippen molar-refractivity contribution >= 4 is 33.2 Å². The van der Waals surface area contributed by atoms with E-state index in [4.69, 9.17) is 27.9 Å². The van der Waals surface area contributed by atoms with Gasteiger partial charge in [0.2, 0.25) is 10.0 Å². The zero-order valence-corrected chi connectivity index (χ0v) is 21.5. The van der Waals surface area contributed by atoms with Crippen molar-refractivity contribution in [2.75, 3.05) is 19.6 Å². The highest BCUT2D eigenvalue weighted by Crippen LogP contribution is 2.36. The molecular weight excluding hydrogens is 513 g/mol. The largest absolute Gasteiger partial charge is 0.456 e. The lowest BCUT2D eigenvalue weighted by Crippen LogP contribution is -2.54. The molecule has 2 aromatic rings. The van der Waals surface area contributed by atoms with E-state index in [0.29, 0.717) is 29.3 Å². The molecule has 2 aliphatic rings. The van der Waals surface area contributed by atoms with Crippen molar-refractivity contribution in [1.29, 1.82) is 5.26 Å². The first kappa shape index (κ1) is 26.2. The molecule has 2 aromatic carbocycles. The fourth-order valence-electron chi connectivity index (χ4n) is 4.94. The SMILES string of the molecule is CC(O)(O)[C@@H]1CCCN1C1CCN(S(=O)(=O)c2cc(C#N)ccc2Oc2cc(Cl)cc(Cl)c2)CC1. The minimum absolute atomic E-state index is 0.0577. The maximum Gasteiger partial charge on any atom is 0.246 e. The Kier molecular flexibility index (Phi) is 7.65. The number of sulfonamides is 1. The number of nitrogens with zero attached hydrogens (tertiary/aromatic N) is 3. The third-order valence-electron chi connectivity index (χ3n) is 6.57. The van der Waals surface area contributed by atoms with Gasteiger partial charge in [-0.25, -0.2) is 8.42 Å². The summed E-state index contributed by atoms with van der Waals surface area (Å²) < 4.78 is 34.5. The molecule has 0 saturated carbocycles. The molecule has 1 atom stereocenters. The zero-order chi connectivity index (χ0) is 25.4. The number of halogens is 2. The van der Waals surface area contributed by atoms with Crippen LogP contribution in [0.15, 0.2) is 41.3 Å². The van der Waals surface area contributed by atoms with Crippen LogP contribution < -0.4 is 4.74 Å². The third kappa shape index (κ3) is 5.75. The number of ether oxygens (including phenoxy) is 1. The van der Waals surface area contributed by atoms with Crippen LogP contribution in [0.4, 0.5) is 0 Å². The maximum atomic E-state index is 13.6. The van der Waals surface area contributed by atoms with Gasteiger partial charge in [-0.15, -0.1) is 0 Å². The molecule has 2 saturated heterocycles. The molecule has 35 heavy (non-hydrogen) atoms. The lowest BCUT2D eigenvalue weighted by molar-refractivity contribution is -0.191. The van der Waals surface area contributed by atoms with Crippen LogP contribution in [-0.4, -0.2) is 65.3 Å². The first-order chi connectivity index (χ1) is 16.5. The van der Waals surface area contributed by atoms with Gasteiger partial charge in [-0.1, -0.05) is 23.2 Å². The molecular formula is C24H27Cl2N3O5S. The first-order valence-electron chi connectivity index (χ1n) is 11.4. The number of piperidine rings is 1. The Labute approximate surface area is 215 Å². The summed E-state index contributed by atoms with van der Waals surface area (Å²) in [6, 6.07) is 10.5. The van der Waals surface area contributed by atoms with E-state index in [1.165, 1.54) is 47.6 Å². The van der Waals surface area contributed by atoms with Gasteiger partial charge in [-0.3, -0.25) is 4.90 Å². The van der Waals surface area contributed by atoms with E-state index < -0.39 is 15.8 Å². The second-order valence-electron chi connectivity index (χ2n) is 9.11. The van der Waals surface area contributed by atoms with Gasteiger partial charge >= 0.3 is 0 Å². The molecule has 0 spiro atoms. The summed E-state index contributed by atoms with van der Waals surface area (Å²) in [6.07, 6.45) is 2.68. The summed E-state index contributed by atoms with van der Waals surface area (Å²) in [5, 5.41) is 30.3. The summed E-state index contributed by atoms with van der Waals surface area (Å²) >= 11 is 12.1. The molecule has 8 nitrogen and oxygen atoms in total. The van der Waals surface area contributed by atoms with Crippen molar-refractivity contribution < 1.29 is 23.4 Å². The third-order valence-corrected chi connectivity index (χ3v) is 8.93. The molecule has 0 unspecified atom stereocenters. The lowest BCUT2D eigenvalue weighted by Gasteiger charge is -2.41. The van der Waals surface area contributed by atoms with E-state index in [1.54, 1.807) is 0 Å². The summed E-state index contributed by atoms with van der Waals surface area (Å²) in [6.45, 7) is 2.68. The van der Waals surface area contributed by atoms with Gasteiger partial charge in [0.1, 0.15) is 16.4 Å². The Morgan fingerprint density at radius 1 is 1.06 bits per heavy atom. The van der Waals surface area contributed by atoms with Gasteiger partial charge in [0.15, 0.2) is 5.79 Å². The Hall–Kier alpha value is -1.90. The first-order valence-corrected chi connectivity index (χ1v) is 13.6. The monoisotopic (exact) mass is 539 g/mol. The van der Waals surface area contributed by atoms with E-state index >= 15 is 0 Å². The molecule has 0 aliphatic carbocycles. The predicted octanol–water partition coefficient (Wildman–Crippen LogP) is 3.98. The quantitative estimate of drug-likeness (QED) is 0.533. The maximum absolute atomic E-state index is 13.6. The number of likely N-dealkylation sites (tertiary alicyclic amines) is 1. The normalized spacial score (nSPS) is 20.6. The fourth-order valence-corrected chi connectivity index (χ4v) is 7.06. The number of hydrogen-bond donors (Lipinski definition) is 2.